The second-order valence-electron chi connectivity index (χ2n) is 6.46. The molecular formula is C17H22N2O7. The summed E-state index contributed by atoms with van der Waals surface area (Å²) in [5, 5.41) is 49.6. The molecule has 2 aromatic rings. The van der Waals surface area contributed by atoms with Gasteiger partial charge in [0, 0.05) is 17.3 Å². The smallest absolute Gasteiger partial charge is 0.320 e. The molecule has 1 aliphatic rings. The summed E-state index contributed by atoms with van der Waals surface area (Å²) < 4.78 is 5.60. The highest BCUT2D eigenvalue weighted by Crippen LogP contribution is 2.36. The summed E-state index contributed by atoms with van der Waals surface area (Å²) in [6.07, 6.45) is -6.65. The van der Waals surface area contributed by atoms with Crippen LogP contribution in [0.25, 0.3) is 10.9 Å². The van der Waals surface area contributed by atoms with Gasteiger partial charge in [0.25, 0.3) is 0 Å². The number of aliphatic carboxylic acids is 1. The van der Waals surface area contributed by atoms with E-state index < -0.39 is 49.1 Å². The van der Waals surface area contributed by atoms with Crippen LogP contribution in [0.1, 0.15) is 17.4 Å². The van der Waals surface area contributed by atoms with E-state index in [0.29, 0.717) is 16.8 Å². The number of carbonyl (C=O) groups is 1. The van der Waals surface area contributed by atoms with Gasteiger partial charge < -0.3 is 41.0 Å². The first-order valence-corrected chi connectivity index (χ1v) is 8.23. The zero-order chi connectivity index (χ0) is 19.0. The minimum Gasteiger partial charge on any atom is -0.480 e. The number of rotatable bonds is 5. The van der Waals surface area contributed by atoms with E-state index in [0.717, 1.165) is 5.39 Å². The van der Waals surface area contributed by atoms with Crippen molar-refractivity contribution in [1.82, 2.24) is 4.98 Å². The van der Waals surface area contributed by atoms with Crippen molar-refractivity contribution in [2.45, 2.75) is 43.0 Å². The lowest BCUT2D eigenvalue weighted by atomic mass is 9.90. The molecule has 1 aromatic carbocycles. The van der Waals surface area contributed by atoms with Crippen molar-refractivity contribution in [2.75, 3.05) is 6.61 Å². The van der Waals surface area contributed by atoms with Crippen LogP contribution in [0.15, 0.2) is 24.3 Å². The number of aliphatic hydroxyl groups excluding tert-OH is 4. The Kier molecular flexibility index (Phi) is 5.28. The topological polar surface area (TPSA) is 169 Å². The van der Waals surface area contributed by atoms with Crippen LogP contribution in [-0.2, 0) is 16.0 Å². The number of H-pyrrole nitrogens is 1. The van der Waals surface area contributed by atoms with E-state index in [9.17, 15) is 25.2 Å². The van der Waals surface area contributed by atoms with E-state index in [1.54, 1.807) is 24.3 Å². The van der Waals surface area contributed by atoms with Crippen molar-refractivity contribution < 1.29 is 35.1 Å². The number of aliphatic hydroxyl groups is 4. The number of nitrogens with one attached hydrogen (secondary N) is 1. The highest BCUT2D eigenvalue weighted by molar-refractivity contribution is 5.86. The Morgan fingerprint density at radius 3 is 2.54 bits per heavy atom. The average molecular weight is 366 g/mol. The van der Waals surface area contributed by atoms with Crippen LogP contribution >= 0.6 is 0 Å². The molecule has 9 heteroatoms. The van der Waals surface area contributed by atoms with Crippen LogP contribution < -0.4 is 5.73 Å². The van der Waals surface area contributed by atoms with Crippen molar-refractivity contribution in [2.24, 2.45) is 5.73 Å². The minimum absolute atomic E-state index is 0.0241. The van der Waals surface area contributed by atoms with E-state index >= 15 is 0 Å². The number of benzene rings is 1. The fourth-order valence-electron chi connectivity index (χ4n) is 3.33. The van der Waals surface area contributed by atoms with Crippen molar-refractivity contribution in [1.29, 1.82) is 0 Å². The number of para-hydroxylation sites is 1. The molecule has 8 N–H and O–H groups in total. The van der Waals surface area contributed by atoms with Crippen molar-refractivity contribution in [3.8, 4) is 0 Å². The molecule has 2 heterocycles. The summed E-state index contributed by atoms with van der Waals surface area (Å²) in [6.45, 7) is -0.550. The lowest BCUT2D eigenvalue weighted by Crippen LogP contribution is -2.55. The van der Waals surface area contributed by atoms with Crippen LogP contribution in [0.4, 0.5) is 0 Å². The number of fused-ring (bicyclic) bond motifs is 1. The fraction of sp³-hybridized carbons (Fsp3) is 0.471. The zero-order valence-corrected chi connectivity index (χ0v) is 13.8. The molecule has 0 saturated carbocycles. The first-order valence-electron chi connectivity index (χ1n) is 8.23. The third-order valence-corrected chi connectivity index (χ3v) is 4.76. The Balaban J connectivity index is 2.07. The predicted octanol–water partition coefficient (Wildman–Crippen LogP) is -1.36. The van der Waals surface area contributed by atoms with Gasteiger partial charge in [-0.1, -0.05) is 18.2 Å². The van der Waals surface area contributed by atoms with Crippen molar-refractivity contribution in [3.63, 3.8) is 0 Å². The average Bonchev–Trinajstić information content (AvgIpc) is 2.98. The van der Waals surface area contributed by atoms with E-state index in [1.807, 2.05) is 0 Å². The lowest BCUT2D eigenvalue weighted by molar-refractivity contribution is -0.232. The minimum atomic E-state index is -1.53. The molecule has 1 aliphatic heterocycles. The Labute approximate surface area is 148 Å². The highest BCUT2D eigenvalue weighted by atomic mass is 16.5. The van der Waals surface area contributed by atoms with Gasteiger partial charge in [0.1, 0.15) is 36.6 Å². The lowest BCUT2D eigenvalue weighted by Gasteiger charge is -2.40. The zero-order valence-electron chi connectivity index (χ0n) is 13.8. The first-order chi connectivity index (χ1) is 12.3. The number of carboxylic acids is 1. The number of hydrogen-bond donors (Lipinski definition) is 7. The maximum Gasteiger partial charge on any atom is 0.320 e. The first kappa shape index (κ1) is 18.8. The van der Waals surface area contributed by atoms with Crippen LogP contribution in [-0.4, -0.2) is 73.6 Å². The largest absolute Gasteiger partial charge is 0.480 e. The van der Waals surface area contributed by atoms with Crippen molar-refractivity contribution in [3.05, 3.63) is 35.5 Å². The SMILES string of the molecule is N[C@@H](Cc1c([C@@H]2O[C@H](CO)[C@@H](O)[C@H](O)[C@@H]2O)[nH]c2ccccc12)C(=O)O. The summed E-state index contributed by atoms with van der Waals surface area (Å²) in [5.41, 5.74) is 7.28. The van der Waals surface area contributed by atoms with Gasteiger partial charge in [0.15, 0.2) is 0 Å². The number of carboxylic acid groups (broad SMARTS) is 1. The molecule has 6 atom stereocenters. The number of ether oxygens (including phenoxy) is 1. The van der Waals surface area contributed by atoms with E-state index in [4.69, 9.17) is 15.6 Å². The fourth-order valence-corrected chi connectivity index (χ4v) is 3.33. The van der Waals surface area contributed by atoms with Gasteiger partial charge in [-0.3, -0.25) is 4.79 Å². The molecule has 142 valence electrons. The summed E-state index contributed by atoms with van der Waals surface area (Å²) in [5.74, 6) is -1.17. The Morgan fingerprint density at radius 1 is 1.19 bits per heavy atom. The molecule has 0 radical (unpaired) electrons. The van der Waals surface area contributed by atoms with Crippen LogP contribution in [0.3, 0.4) is 0 Å². The van der Waals surface area contributed by atoms with Gasteiger partial charge in [0.05, 0.1) is 12.3 Å². The highest BCUT2D eigenvalue weighted by Gasteiger charge is 2.45. The molecule has 1 saturated heterocycles. The van der Waals surface area contributed by atoms with Crippen LogP contribution in [0.2, 0.25) is 0 Å². The predicted molar refractivity (Wildman–Crippen MR) is 90.3 cm³/mol. The molecule has 9 nitrogen and oxygen atoms in total. The van der Waals surface area contributed by atoms with Gasteiger partial charge in [-0.15, -0.1) is 0 Å². The van der Waals surface area contributed by atoms with Crippen molar-refractivity contribution >= 4 is 16.9 Å². The molecular weight excluding hydrogens is 344 g/mol. The molecule has 0 amide bonds. The van der Waals surface area contributed by atoms with Gasteiger partial charge in [-0.05, 0) is 11.6 Å². The Morgan fingerprint density at radius 2 is 1.88 bits per heavy atom. The van der Waals surface area contributed by atoms with Crippen LogP contribution in [0.5, 0.6) is 0 Å². The number of aromatic nitrogens is 1. The quantitative estimate of drug-likeness (QED) is 0.340. The molecule has 1 fully saturated rings. The third kappa shape index (κ3) is 3.20. The van der Waals surface area contributed by atoms with Gasteiger partial charge in [-0.2, -0.15) is 0 Å². The number of nitrogens with two attached hydrogens (primary N) is 1. The van der Waals surface area contributed by atoms with Gasteiger partial charge in [0.2, 0.25) is 0 Å². The van der Waals surface area contributed by atoms with E-state index in [1.165, 1.54) is 0 Å². The van der Waals surface area contributed by atoms with Crippen LogP contribution in [0, 0.1) is 0 Å². The standard InChI is InChI=1S/C17H22N2O7/c18-9(17(24)25)5-8-7-3-1-2-4-10(7)19-12(8)16-15(23)14(22)13(21)11(6-20)26-16/h1-4,9,11,13-16,19-23H,5-6,18H2,(H,24,25)/t9-,11+,13+,14-,15-,16-/m0/s1. The van der Waals surface area contributed by atoms with E-state index in [2.05, 4.69) is 4.98 Å². The second-order valence-corrected chi connectivity index (χ2v) is 6.46. The monoisotopic (exact) mass is 366 g/mol. The molecule has 3 rings (SSSR count). The Hall–Kier alpha value is -2.01. The van der Waals surface area contributed by atoms with Gasteiger partial charge >= 0.3 is 5.97 Å². The van der Waals surface area contributed by atoms with Gasteiger partial charge in [-0.25, -0.2) is 0 Å². The maximum atomic E-state index is 11.2. The molecule has 0 bridgehead atoms. The molecule has 26 heavy (non-hydrogen) atoms. The maximum absolute atomic E-state index is 11.2. The number of hydrogen-bond acceptors (Lipinski definition) is 7. The van der Waals surface area contributed by atoms with E-state index in [-0.39, 0.29) is 6.42 Å². The third-order valence-electron chi connectivity index (χ3n) is 4.76. The molecule has 0 spiro atoms. The molecule has 0 unspecified atom stereocenters. The molecule has 1 aromatic heterocycles. The molecule has 0 aliphatic carbocycles. The second kappa shape index (κ2) is 7.31. The number of aromatic amines is 1. The Bertz CT molecular complexity index is 791. The summed E-state index contributed by atoms with van der Waals surface area (Å²) >= 11 is 0. The normalized spacial score (nSPS) is 30.4. The summed E-state index contributed by atoms with van der Waals surface area (Å²) in [7, 11) is 0. The summed E-state index contributed by atoms with van der Waals surface area (Å²) in [6, 6.07) is 5.96. The summed E-state index contributed by atoms with van der Waals surface area (Å²) in [4.78, 5) is 14.3.